The number of amides is 1. The van der Waals surface area contributed by atoms with Gasteiger partial charge in [0.2, 0.25) is 0 Å². The van der Waals surface area contributed by atoms with E-state index in [2.05, 4.69) is 35.3 Å². The molecule has 142 valence electrons. The zero-order valence-corrected chi connectivity index (χ0v) is 17.3. The van der Waals surface area contributed by atoms with Crippen molar-refractivity contribution < 1.29 is 4.79 Å². The number of aromatic nitrogens is 2. The minimum absolute atomic E-state index is 0.0470. The number of carbonyl (C=O) groups is 1. The van der Waals surface area contributed by atoms with Crippen LogP contribution in [0.25, 0.3) is 11.0 Å². The van der Waals surface area contributed by atoms with E-state index in [9.17, 15) is 4.79 Å². The largest absolute Gasteiger partial charge is 0.346 e. The van der Waals surface area contributed by atoms with Crippen molar-refractivity contribution in [2.24, 2.45) is 10.2 Å². The van der Waals surface area contributed by atoms with Crippen LogP contribution < -0.4 is 0 Å². The van der Waals surface area contributed by atoms with Crippen molar-refractivity contribution in [1.82, 2.24) is 18.5 Å². The van der Waals surface area contributed by atoms with Crippen molar-refractivity contribution >= 4 is 62.6 Å². The van der Waals surface area contributed by atoms with Gasteiger partial charge in [-0.25, -0.2) is 0 Å². The van der Waals surface area contributed by atoms with Crippen molar-refractivity contribution in [3.8, 4) is 0 Å². The number of benzene rings is 1. The van der Waals surface area contributed by atoms with Crippen LogP contribution in [0.3, 0.4) is 0 Å². The maximum atomic E-state index is 12.8. The molecule has 0 N–H and O–H groups in total. The first-order valence-electron chi connectivity index (χ1n) is 8.86. The fourth-order valence-electron chi connectivity index (χ4n) is 3.21. The first-order chi connectivity index (χ1) is 13.8. The first kappa shape index (κ1) is 17.8. The van der Waals surface area contributed by atoms with E-state index in [1.165, 1.54) is 16.6 Å². The standard InChI is InChI=1S/C18H16N6OS3/c25-17(12-3-4-13-14(10-12)22-28-21-13)23-5-7-24(8-6-23)18-20-19-15(11-27-18)16-2-1-9-26-16/h1-4,9-10H,5-8,11H2. The van der Waals surface area contributed by atoms with Crippen molar-refractivity contribution in [2.75, 3.05) is 31.9 Å². The molecule has 0 atom stereocenters. The highest BCUT2D eigenvalue weighted by molar-refractivity contribution is 8.14. The summed E-state index contributed by atoms with van der Waals surface area (Å²) in [6, 6.07) is 9.63. The van der Waals surface area contributed by atoms with Crippen LogP contribution >= 0.6 is 34.8 Å². The van der Waals surface area contributed by atoms with Crippen molar-refractivity contribution in [3.05, 3.63) is 46.2 Å². The quantitative estimate of drug-likeness (QED) is 0.627. The van der Waals surface area contributed by atoms with Gasteiger partial charge in [0.25, 0.3) is 5.91 Å². The summed E-state index contributed by atoms with van der Waals surface area (Å²) in [6.07, 6.45) is 0. The van der Waals surface area contributed by atoms with E-state index in [1.807, 2.05) is 29.2 Å². The van der Waals surface area contributed by atoms with Gasteiger partial charge in [-0.15, -0.1) is 16.4 Å². The maximum absolute atomic E-state index is 12.8. The van der Waals surface area contributed by atoms with E-state index in [0.29, 0.717) is 18.7 Å². The minimum atomic E-state index is 0.0470. The van der Waals surface area contributed by atoms with Crippen molar-refractivity contribution in [2.45, 2.75) is 0 Å². The lowest BCUT2D eigenvalue weighted by Gasteiger charge is -2.36. The summed E-state index contributed by atoms with van der Waals surface area (Å²) in [6.45, 7) is 2.88. The molecule has 0 saturated carbocycles. The second-order valence-electron chi connectivity index (χ2n) is 6.44. The van der Waals surface area contributed by atoms with Crippen LogP contribution in [0, 0.1) is 0 Å². The number of amidine groups is 1. The predicted molar refractivity (Wildman–Crippen MR) is 116 cm³/mol. The molecule has 2 aliphatic rings. The molecule has 4 heterocycles. The number of thioether (sulfide) groups is 1. The van der Waals surface area contributed by atoms with E-state index in [1.54, 1.807) is 23.1 Å². The Bertz CT molecular complexity index is 1070. The molecule has 7 nitrogen and oxygen atoms in total. The van der Waals surface area contributed by atoms with Crippen molar-refractivity contribution in [3.63, 3.8) is 0 Å². The Hall–Kier alpha value is -2.30. The molecule has 1 saturated heterocycles. The molecule has 5 rings (SSSR count). The number of piperazine rings is 1. The molecular formula is C18H16N6OS3. The molecule has 0 spiro atoms. The fourth-order valence-corrected chi connectivity index (χ4v) is 5.47. The smallest absolute Gasteiger partial charge is 0.254 e. The van der Waals surface area contributed by atoms with E-state index >= 15 is 0 Å². The van der Waals surface area contributed by atoms with Crippen LogP contribution in [0.15, 0.2) is 45.9 Å². The third kappa shape index (κ3) is 3.43. The topological polar surface area (TPSA) is 74.1 Å². The fraction of sp³-hybridized carbons (Fsp3) is 0.278. The lowest BCUT2D eigenvalue weighted by molar-refractivity contribution is 0.0693. The number of carbonyl (C=O) groups excluding carboxylic acids is 1. The summed E-state index contributed by atoms with van der Waals surface area (Å²) in [4.78, 5) is 18.1. The zero-order chi connectivity index (χ0) is 18.9. The highest BCUT2D eigenvalue weighted by atomic mass is 32.2. The van der Waals surface area contributed by atoms with Crippen LogP contribution in [-0.4, -0.2) is 67.3 Å². The van der Waals surface area contributed by atoms with Crippen LogP contribution in [0.1, 0.15) is 15.2 Å². The highest BCUT2D eigenvalue weighted by Gasteiger charge is 2.26. The Kier molecular flexibility index (Phi) is 4.83. The van der Waals surface area contributed by atoms with Crippen LogP contribution in [0.2, 0.25) is 0 Å². The van der Waals surface area contributed by atoms with Crippen LogP contribution in [-0.2, 0) is 0 Å². The summed E-state index contributed by atoms with van der Waals surface area (Å²) in [5, 5.41) is 11.8. The number of rotatable bonds is 2. The maximum Gasteiger partial charge on any atom is 0.254 e. The lowest BCUT2D eigenvalue weighted by atomic mass is 10.1. The normalized spacial score (nSPS) is 17.6. The summed E-state index contributed by atoms with van der Waals surface area (Å²) in [7, 11) is 0. The molecule has 1 amide bonds. The third-order valence-electron chi connectivity index (χ3n) is 4.74. The van der Waals surface area contributed by atoms with Crippen LogP contribution in [0.5, 0.6) is 0 Å². The third-order valence-corrected chi connectivity index (χ3v) is 7.23. The minimum Gasteiger partial charge on any atom is -0.346 e. The van der Waals surface area contributed by atoms with Gasteiger partial charge < -0.3 is 9.80 Å². The average Bonchev–Trinajstić information content (AvgIpc) is 3.45. The molecule has 0 unspecified atom stereocenters. The Balaban J connectivity index is 1.23. The van der Waals surface area contributed by atoms with Gasteiger partial charge in [0.05, 0.1) is 22.3 Å². The Morgan fingerprint density at radius 2 is 1.86 bits per heavy atom. The molecule has 0 bridgehead atoms. The molecule has 2 aromatic heterocycles. The number of nitrogens with zero attached hydrogens (tertiary/aromatic N) is 6. The average molecular weight is 429 g/mol. The molecule has 10 heteroatoms. The first-order valence-corrected chi connectivity index (χ1v) is 11.5. The summed E-state index contributed by atoms with van der Waals surface area (Å²) in [5.41, 5.74) is 3.32. The number of thiophene rings is 1. The van der Waals surface area contributed by atoms with Gasteiger partial charge in [-0.3, -0.25) is 4.79 Å². The highest BCUT2D eigenvalue weighted by Crippen LogP contribution is 2.22. The molecule has 0 aliphatic carbocycles. The molecule has 1 aromatic carbocycles. The molecule has 2 aliphatic heterocycles. The zero-order valence-electron chi connectivity index (χ0n) is 14.8. The summed E-state index contributed by atoms with van der Waals surface area (Å²) < 4.78 is 8.41. The van der Waals surface area contributed by atoms with Crippen LogP contribution in [0.4, 0.5) is 0 Å². The number of hydrogen-bond acceptors (Lipinski definition) is 9. The second kappa shape index (κ2) is 7.61. The predicted octanol–water partition coefficient (Wildman–Crippen LogP) is 3.02. The molecule has 1 fully saturated rings. The summed E-state index contributed by atoms with van der Waals surface area (Å²) in [5.74, 6) is 0.881. The van der Waals surface area contributed by atoms with E-state index < -0.39 is 0 Å². The molecule has 3 aromatic rings. The molecule has 0 radical (unpaired) electrons. The van der Waals surface area contributed by atoms with Gasteiger partial charge in [-0.1, -0.05) is 17.8 Å². The Labute approximate surface area is 174 Å². The SMILES string of the molecule is O=C(c1ccc2nsnc2c1)N1CCN(C2=NN=C(c3cccs3)CS2)CC1. The van der Waals surface area contributed by atoms with Gasteiger partial charge in [0, 0.05) is 37.5 Å². The van der Waals surface area contributed by atoms with Gasteiger partial charge in [-0.2, -0.15) is 13.8 Å². The van der Waals surface area contributed by atoms with Gasteiger partial charge in [0.1, 0.15) is 11.0 Å². The molecular weight excluding hydrogens is 412 g/mol. The van der Waals surface area contributed by atoms with Gasteiger partial charge in [-0.05, 0) is 29.6 Å². The number of hydrogen-bond donors (Lipinski definition) is 0. The number of fused-ring (bicyclic) bond motifs is 1. The van der Waals surface area contributed by atoms with Gasteiger partial charge >= 0.3 is 0 Å². The second-order valence-corrected chi connectivity index (χ2v) is 8.86. The Morgan fingerprint density at radius 3 is 2.61 bits per heavy atom. The van der Waals surface area contributed by atoms with E-state index in [-0.39, 0.29) is 5.91 Å². The van der Waals surface area contributed by atoms with E-state index in [4.69, 9.17) is 0 Å². The van der Waals surface area contributed by atoms with Crippen molar-refractivity contribution in [1.29, 1.82) is 0 Å². The van der Waals surface area contributed by atoms with E-state index in [0.717, 1.165) is 40.8 Å². The van der Waals surface area contributed by atoms with Gasteiger partial charge in [0.15, 0.2) is 5.17 Å². The lowest BCUT2D eigenvalue weighted by Crippen LogP contribution is -2.50. The monoisotopic (exact) mass is 428 g/mol. The molecule has 28 heavy (non-hydrogen) atoms. The summed E-state index contributed by atoms with van der Waals surface area (Å²) >= 11 is 4.58. The Morgan fingerprint density at radius 1 is 1.00 bits per heavy atom.